The lowest BCUT2D eigenvalue weighted by atomic mass is 10.1. The van der Waals surface area contributed by atoms with Gasteiger partial charge < -0.3 is 10.1 Å². The molecule has 2 rings (SSSR count). The molecule has 0 aliphatic heterocycles. The zero-order valence-corrected chi connectivity index (χ0v) is 10.3. The van der Waals surface area contributed by atoms with E-state index in [1.165, 1.54) is 0 Å². The molecule has 1 heterocycles. The second-order valence-corrected chi connectivity index (χ2v) is 4.11. The van der Waals surface area contributed by atoms with E-state index in [1.54, 1.807) is 0 Å². The number of benzene rings is 1. The van der Waals surface area contributed by atoms with Crippen molar-refractivity contribution in [2.24, 2.45) is 0 Å². The minimum Gasteiger partial charge on any atom is -0.491 e. The molecule has 0 aliphatic rings. The molecule has 0 saturated heterocycles. The molecule has 4 nitrogen and oxygen atoms in total. The van der Waals surface area contributed by atoms with Crippen molar-refractivity contribution in [2.45, 2.75) is 20.0 Å². The van der Waals surface area contributed by atoms with Gasteiger partial charge in [-0.25, -0.2) is 0 Å². The van der Waals surface area contributed by atoms with Crippen molar-refractivity contribution in [2.75, 3.05) is 12.4 Å². The van der Waals surface area contributed by atoms with Crippen molar-refractivity contribution in [3.63, 3.8) is 0 Å². The normalized spacial score (nSPS) is 10.6. The van der Waals surface area contributed by atoms with Crippen LogP contribution in [0.4, 0.5) is 5.82 Å². The highest BCUT2D eigenvalue weighted by Crippen LogP contribution is 2.22. The lowest BCUT2D eigenvalue weighted by molar-refractivity contribution is 0.242. The molecule has 0 bridgehead atoms. The Morgan fingerprint density at radius 2 is 1.94 bits per heavy atom. The van der Waals surface area contributed by atoms with Crippen molar-refractivity contribution in [1.29, 1.82) is 0 Å². The Bertz CT molecular complexity index is 474. The highest BCUT2D eigenvalue weighted by Gasteiger charge is 2.03. The Labute approximate surface area is 101 Å². The molecule has 0 aliphatic carbocycles. The van der Waals surface area contributed by atoms with E-state index in [0.717, 1.165) is 22.8 Å². The van der Waals surface area contributed by atoms with Crippen molar-refractivity contribution in [3.8, 4) is 17.0 Å². The van der Waals surface area contributed by atoms with Crippen LogP contribution in [-0.4, -0.2) is 23.3 Å². The van der Waals surface area contributed by atoms with Gasteiger partial charge in [0.15, 0.2) is 0 Å². The van der Waals surface area contributed by atoms with Crippen LogP contribution in [0.25, 0.3) is 11.3 Å². The topological polar surface area (TPSA) is 49.9 Å². The van der Waals surface area contributed by atoms with Crippen LogP contribution in [0.5, 0.6) is 5.75 Å². The standard InChI is InChI=1S/C13H17N3O/c1-9(2)17-11-6-4-10(5-7-11)12-8-13(14-3)16-15-12/h4-9H,1-3H3,(H2,14,15,16). The lowest BCUT2D eigenvalue weighted by Gasteiger charge is -2.09. The number of anilines is 1. The summed E-state index contributed by atoms with van der Waals surface area (Å²) in [6, 6.07) is 9.94. The third-order valence-corrected chi connectivity index (χ3v) is 2.37. The number of rotatable bonds is 4. The fourth-order valence-corrected chi connectivity index (χ4v) is 1.58. The molecule has 4 heteroatoms. The predicted octanol–water partition coefficient (Wildman–Crippen LogP) is 2.91. The SMILES string of the molecule is CNc1cc(-c2ccc(OC(C)C)cc2)[nH]n1. The molecule has 0 amide bonds. The van der Waals surface area contributed by atoms with Gasteiger partial charge in [0.1, 0.15) is 11.6 Å². The zero-order valence-electron chi connectivity index (χ0n) is 10.3. The van der Waals surface area contributed by atoms with Gasteiger partial charge in [0.05, 0.1) is 11.8 Å². The molecule has 2 N–H and O–H groups in total. The van der Waals surface area contributed by atoms with E-state index in [2.05, 4.69) is 15.5 Å². The van der Waals surface area contributed by atoms with Gasteiger partial charge in [-0.3, -0.25) is 5.10 Å². The number of aromatic amines is 1. The van der Waals surface area contributed by atoms with Crippen LogP contribution in [0.3, 0.4) is 0 Å². The third kappa shape index (κ3) is 2.78. The minimum absolute atomic E-state index is 0.198. The van der Waals surface area contributed by atoms with Gasteiger partial charge >= 0.3 is 0 Å². The number of hydrogen-bond donors (Lipinski definition) is 2. The smallest absolute Gasteiger partial charge is 0.148 e. The van der Waals surface area contributed by atoms with E-state index in [4.69, 9.17) is 4.74 Å². The van der Waals surface area contributed by atoms with E-state index in [1.807, 2.05) is 51.2 Å². The molecular weight excluding hydrogens is 214 g/mol. The maximum atomic E-state index is 5.59. The van der Waals surface area contributed by atoms with Gasteiger partial charge in [0.2, 0.25) is 0 Å². The van der Waals surface area contributed by atoms with Crippen molar-refractivity contribution < 1.29 is 4.74 Å². The number of nitrogens with one attached hydrogen (secondary N) is 2. The number of aromatic nitrogens is 2. The van der Waals surface area contributed by atoms with Gasteiger partial charge in [-0.05, 0) is 43.7 Å². The molecule has 0 saturated carbocycles. The van der Waals surface area contributed by atoms with E-state index >= 15 is 0 Å². The number of hydrogen-bond acceptors (Lipinski definition) is 3. The quantitative estimate of drug-likeness (QED) is 0.850. The van der Waals surface area contributed by atoms with Crippen molar-refractivity contribution in [1.82, 2.24) is 10.2 Å². The average molecular weight is 231 g/mol. The summed E-state index contributed by atoms with van der Waals surface area (Å²) < 4.78 is 5.59. The molecule has 90 valence electrons. The van der Waals surface area contributed by atoms with Crippen molar-refractivity contribution in [3.05, 3.63) is 30.3 Å². The molecular formula is C13H17N3O. The second-order valence-electron chi connectivity index (χ2n) is 4.11. The van der Waals surface area contributed by atoms with Gasteiger partial charge in [0.25, 0.3) is 0 Å². The first kappa shape index (κ1) is 11.5. The van der Waals surface area contributed by atoms with Crippen LogP contribution >= 0.6 is 0 Å². The molecule has 1 aromatic carbocycles. The Balaban J connectivity index is 2.17. The van der Waals surface area contributed by atoms with Crippen LogP contribution in [0.1, 0.15) is 13.8 Å². The molecule has 0 fully saturated rings. The Hall–Kier alpha value is -1.97. The van der Waals surface area contributed by atoms with E-state index in [9.17, 15) is 0 Å². The average Bonchev–Trinajstić information content (AvgIpc) is 2.78. The van der Waals surface area contributed by atoms with Crippen LogP contribution in [0.2, 0.25) is 0 Å². The number of nitrogens with zero attached hydrogens (tertiary/aromatic N) is 1. The summed E-state index contributed by atoms with van der Waals surface area (Å²) in [5, 5.41) is 10.1. The first-order chi connectivity index (χ1) is 8.19. The summed E-state index contributed by atoms with van der Waals surface area (Å²) in [4.78, 5) is 0. The molecule has 2 aromatic rings. The van der Waals surface area contributed by atoms with Gasteiger partial charge in [-0.1, -0.05) is 0 Å². The monoisotopic (exact) mass is 231 g/mol. The van der Waals surface area contributed by atoms with Crippen LogP contribution in [-0.2, 0) is 0 Å². The summed E-state index contributed by atoms with van der Waals surface area (Å²) in [5.41, 5.74) is 2.08. The molecule has 0 radical (unpaired) electrons. The summed E-state index contributed by atoms with van der Waals surface area (Å²) >= 11 is 0. The van der Waals surface area contributed by atoms with Crippen LogP contribution in [0.15, 0.2) is 30.3 Å². The van der Waals surface area contributed by atoms with Gasteiger partial charge in [-0.2, -0.15) is 5.10 Å². The Morgan fingerprint density at radius 3 is 2.47 bits per heavy atom. The fraction of sp³-hybridized carbons (Fsp3) is 0.308. The number of H-pyrrole nitrogens is 1. The summed E-state index contributed by atoms with van der Waals surface area (Å²) in [6.45, 7) is 4.03. The maximum absolute atomic E-state index is 5.59. The molecule has 1 aromatic heterocycles. The first-order valence-corrected chi connectivity index (χ1v) is 5.69. The summed E-state index contributed by atoms with van der Waals surface area (Å²) in [6.07, 6.45) is 0.198. The largest absolute Gasteiger partial charge is 0.491 e. The van der Waals surface area contributed by atoms with Gasteiger partial charge in [-0.15, -0.1) is 0 Å². The summed E-state index contributed by atoms with van der Waals surface area (Å²) in [7, 11) is 1.85. The van der Waals surface area contributed by atoms with Crippen molar-refractivity contribution >= 4 is 5.82 Å². The zero-order chi connectivity index (χ0) is 12.3. The van der Waals surface area contributed by atoms with Crippen LogP contribution in [0, 0.1) is 0 Å². The summed E-state index contributed by atoms with van der Waals surface area (Å²) in [5.74, 6) is 1.72. The minimum atomic E-state index is 0.198. The molecule has 0 spiro atoms. The molecule has 0 unspecified atom stereocenters. The lowest BCUT2D eigenvalue weighted by Crippen LogP contribution is -2.05. The Morgan fingerprint density at radius 1 is 1.24 bits per heavy atom. The second kappa shape index (κ2) is 4.91. The third-order valence-electron chi connectivity index (χ3n) is 2.37. The number of ether oxygens (including phenoxy) is 1. The first-order valence-electron chi connectivity index (χ1n) is 5.69. The predicted molar refractivity (Wildman–Crippen MR) is 69.3 cm³/mol. The molecule has 0 atom stereocenters. The molecule has 17 heavy (non-hydrogen) atoms. The van der Waals surface area contributed by atoms with Gasteiger partial charge in [0, 0.05) is 13.1 Å². The highest BCUT2D eigenvalue weighted by atomic mass is 16.5. The fourth-order valence-electron chi connectivity index (χ4n) is 1.58. The highest BCUT2D eigenvalue weighted by molar-refractivity contribution is 5.63. The van der Waals surface area contributed by atoms with Crippen LogP contribution < -0.4 is 10.1 Å². The van der Waals surface area contributed by atoms with E-state index < -0.39 is 0 Å². The maximum Gasteiger partial charge on any atom is 0.148 e. The Kier molecular flexibility index (Phi) is 3.32. The van der Waals surface area contributed by atoms with E-state index in [-0.39, 0.29) is 6.10 Å². The van der Waals surface area contributed by atoms with E-state index in [0.29, 0.717) is 0 Å².